The molecule has 0 amide bonds. The Bertz CT molecular complexity index is 760. The van der Waals surface area contributed by atoms with Gasteiger partial charge in [-0.1, -0.05) is 12.1 Å². The van der Waals surface area contributed by atoms with Gasteiger partial charge in [0.1, 0.15) is 5.52 Å². The van der Waals surface area contributed by atoms with Gasteiger partial charge in [-0.25, -0.2) is 0 Å². The molecule has 20 heavy (non-hydrogen) atoms. The fraction of sp³-hybridized carbons (Fsp3) is 0.0714. The Hall–Kier alpha value is -2.50. The fourth-order valence-electron chi connectivity index (χ4n) is 2.07. The first kappa shape index (κ1) is 12.5. The number of aromatic nitrogens is 2. The highest BCUT2D eigenvalue weighted by Gasteiger charge is 2.30. The van der Waals surface area contributed by atoms with Crippen LogP contribution in [0.5, 0.6) is 0 Å². The van der Waals surface area contributed by atoms with E-state index in [0.717, 1.165) is 22.2 Å². The highest BCUT2D eigenvalue weighted by Crippen LogP contribution is 2.32. The van der Waals surface area contributed by atoms with Crippen LogP contribution in [0.15, 0.2) is 48.8 Å². The lowest BCUT2D eigenvalue weighted by Crippen LogP contribution is -2.04. The molecule has 102 valence electrons. The van der Waals surface area contributed by atoms with E-state index in [0.29, 0.717) is 16.8 Å². The van der Waals surface area contributed by atoms with Crippen LogP contribution >= 0.6 is 0 Å². The molecule has 0 aliphatic rings. The molecule has 2 heterocycles. The van der Waals surface area contributed by atoms with E-state index < -0.39 is 11.7 Å². The Morgan fingerprint density at radius 3 is 2.35 bits per heavy atom. The van der Waals surface area contributed by atoms with Gasteiger partial charge >= 0.3 is 6.18 Å². The molecule has 0 saturated heterocycles. The highest BCUT2D eigenvalue weighted by molar-refractivity contribution is 5.85. The van der Waals surface area contributed by atoms with Crippen molar-refractivity contribution in [2.75, 3.05) is 0 Å². The van der Waals surface area contributed by atoms with Crippen LogP contribution in [0.3, 0.4) is 0 Å². The summed E-state index contributed by atoms with van der Waals surface area (Å²) < 4.78 is 38.4. The monoisotopic (exact) mass is 278 g/mol. The summed E-state index contributed by atoms with van der Waals surface area (Å²) in [5, 5.41) is 10.8. The second kappa shape index (κ2) is 4.26. The summed E-state index contributed by atoms with van der Waals surface area (Å²) in [7, 11) is 0. The molecule has 0 aliphatic carbocycles. The van der Waals surface area contributed by atoms with Crippen molar-refractivity contribution in [1.82, 2.24) is 9.71 Å². The maximum atomic E-state index is 12.5. The van der Waals surface area contributed by atoms with Crippen LogP contribution in [0.25, 0.3) is 22.2 Å². The number of fused-ring (bicyclic) bond motifs is 1. The third-order valence-electron chi connectivity index (χ3n) is 3.09. The average Bonchev–Trinajstić information content (AvgIpc) is 2.76. The zero-order chi connectivity index (χ0) is 14.3. The maximum Gasteiger partial charge on any atom is 0.416 e. The standard InChI is InChI=1S/C14H9F3N2O/c15-14(16,17)11-3-1-9(2-4-11)12-7-10-5-6-18-8-13(10)19(12)20/h1-8,20H. The van der Waals surface area contributed by atoms with E-state index in [9.17, 15) is 18.4 Å². The van der Waals surface area contributed by atoms with E-state index in [1.807, 2.05) is 0 Å². The van der Waals surface area contributed by atoms with Crippen LogP contribution in [0, 0.1) is 0 Å². The number of hydrogen-bond donors (Lipinski definition) is 1. The van der Waals surface area contributed by atoms with Crippen molar-refractivity contribution >= 4 is 10.9 Å². The molecule has 0 unspecified atom stereocenters. The molecular formula is C14H9F3N2O. The second-order valence-corrected chi connectivity index (χ2v) is 4.35. The lowest BCUT2D eigenvalue weighted by Gasteiger charge is -2.07. The third kappa shape index (κ3) is 1.99. The summed E-state index contributed by atoms with van der Waals surface area (Å²) in [5.41, 5.74) is 0.698. The number of benzene rings is 1. The summed E-state index contributed by atoms with van der Waals surface area (Å²) in [6.45, 7) is 0. The number of alkyl halides is 3. The van der Waals surface area contributed by atoms with Crippen molar-refractivity contribution in [3.05, 3.63) is 54.4 Å². The predicted octanol–water partition coefficient (Wildman–Crippen LogP) is 3.96. The van der Waals surface area contributed by atoms with E-state index in [1.165, 1.54) is 18.3 Å². The minimum atomic E-state index is -4.37. The molecule has 1 aromatic carbocycles. The lowest BCUT2D eigenvalue weighted by molar-refractivity contribution is -0.137. The van der Waals surface area contributed by atoms with E-state index in [4.69, 9.17) is 0 Å². The normalized spacial score (nSPS) is 11.9. The highest BCUT2D eigenvalue weighted by atomic mass is 19.4. The summed E-state index contributed by atoms with van der Waals surface area (Å²) in [6.07, 6.45) is -1.30. The van der Waals surface area contributed by atoms with Gasteiger partial charge in [-0.15, -0.1) is 0 Å². The number of pyridine rings is 1. The first-order valence-electron chi connectivity index (χ1n) is 5.79. The Kier molecular flexibility index (Phi) is 2.67. The van der Waals surface area contributed by atoms with E-state index >= 15 is 0 Å². The summed E-state index contributed by atoms with van der Waals surface area (Å²) in [6, 6.07) is 8.06. The molecule has 0 atom stereocenters. The third-order valence-corrected chi connectivity index (χ3v) is 3.09. The molecule has 0 spiro atoms. The average molecular weight is 278 g/mol. The molecule has 2 aromatic heterocycles. The molecule has 0 radical (unpaired) electrons. The summed E-state index contributed by atoms with van der Waals surface area (Å²) in [4.78, 5) is 3.90. The summed E-state index contributed by atoms with van der Waals surface area (Å²) in [5.74, 6) is 0. The molecule has 3 rings (SSSR count). The molecular weight excluding hydrogens is 269 g/mol. The fourth-order valence-corrected chi connectivity index (χ4v) is 2.07. The molecule has 3 aromatic rings. The van der Waals surface area contributed by atoms with Crippen LogP contribution < -0.4 is 0 Å². The van der Waals surface area contributed by atoms with Crippen molar-refractivity contribution in [1.29, 1.82) is 0 Å². The zero-order valence-electron chi connectivity index (χ0n) is 10.1. The largest absolute Gasteiger partial charge is 0.428 e. The number of halogens is 3. The quantitative estimate of drug-likeness (QED) is 0.684. The smallest absolute Gasteiger partial charge is 0.416 e. The molecule has 0 saturated carbocycles. The predicted molar refractivity (Wildman–Crippen MR) is 67.4 cm³/mol. The topological polar surface area (TPSA) is 38.0 Å². The SMILES string of the molecule is On1c(-c2ccc(C(F)(F)F)cc2)cc2ccncc21. The first-order valence-corrected chi connectivity index (χ1v) is 5.79. The Morgan fingerprint density at radius 2 is 1.75 bits per heavy atom. The molecule has 6 heteroatoms. The summed E-state index contributed by atoms with van der Waals surface area (Å²) >= 11 is 0. The molecule has 0 fully saturated rings. The van der Waals surface area contributed by atoms with E-state index in [2.05, 4.69) is 4.98 Å². The van der Waals surface area contributed by atoms with Gasteiger partial charge in [-0.2, -0.15) is 17.9 Å². The first-order chi connectivity index (χ1) is 9.47. The van der Waals surface area contributed by atoms with Crippen molar-refractivity contribution in [2.24, 2.45) is 0 Å². The molecule has 0 bridgehead atoms. The van der Waals surface area contributed by atoms with Gasteiger partial charge in [0, 0.05) is 17.1 Å². The second-order valence-electron chi connectivity index (χ2n) is 4.35. The maximum absolute atomic E-state index is 12.5. The molecule has 0 aliphatic heterocycles. The van der Waals surface area contributed by atoms with Crippen molar-refractivity contribution < 1.29 is 18.4 Å². The van der Waals surface area contributed by atoms with E-state index in [-0.39, 0.29) is 0 Å². The van der Waals surface area contributed by atoms with Crippen LogP contribution in [-0.4, -0.2) is 14.9 Å². The zero-order valence-corrected chi connectivity index (χ0v) is 10.1. The van der Waals surface area contributed by atoms with Crippen LogP contribution in [0.1, 0.15) is 5.56 Å². The van der Waals surface area contributed by atoms with Crippen LogP contribution in [0.4, 0.5) is 13.2 Å². The number of nitrogens with zero attached hydrogens (tertiary/aromatic N) is 2. The molecule has 3 nitrogen and oxygen atoms in total. The Balaban J connectivity index is 2.09. The van der Waals surface area contributed by atoms with E-state index in [1.54, 1.807) is 18.3 Å². The minimum absolute atomic E-state index is 0.418. The number of rotatable bonds is 1. The van der Waals surface area contributed by atoms with Gasteiger partial charge in [0.25, 0.3) is 0 Å². The minimum Gasteiger partial charge on any atom is -0.428 e. The van der Waals surface area contributed by atoms with Crippen LogP contribution in [0.2, 0.25) is 0 Å². The van der Waals surface area contributed by atoms with Gasteiger partial charge in [-0.3, -0.25) is 4.98 Å². The van der Waals surface area contributed by atoms with Crippen molar-refractivity contribution in [3.8, 4) is 11.3 Å². The Labute approximate surface area is 111 Å². The Morgan fingerprint density at radius 1 is 1.05 bits per heavy atom. The molecule has 1 N–H and O–H groups in total. The van der Waals surface area contributed by atoms with Gasteiger partial charge in [0.2, 0.25) is 0 Å². The van der Waals surface area contributed by atoms with Crippen LogP contribution in [-0.2, 0) is 6.18 Å². The lowest BCUT2D eigenvalue weighted by atomic mass is 10.1. The van der Waals surface area contributed by atoms with Crippen molar-refractivity contribution in [2.45, 2.75) is 6.18 Å². The van der Waals surface area contributed by atoms with Gasteiger partial charge in [0.15, 0.2) is 0 Å². The van der Waals surface area contributed by atoms with Gasteiger partial charge < -0.3 is 5.21 Å². The van der Waals surface area contributed by atoms with Gasteiger partial charge in [0.05, 0.1) is 17.5 Å². The van der Waals surface area contributed by atoms with Crippen molar-refractivity contribution in [3.63, 3.8) is 0 Å². The number of hydrogen-bond acceptors (Lipinski definition) is 2. The van der Waals surface area contributed by atoms with Gasteiger partial charge in [-0.05, 0) is 24.3 Å².